The number of anilines is 2. The quantitative estimate of drug-likeness (QED) is 0.824. The summed E-state index contributed by atoms with van der Waals surface area (Å²) in [5.41, 5.74) is 1.22. The molecule has 0 radical (unpaired) electrons. The van der Waals surface area contributed by atoms with E-state index < -0.39 is 6.04 Å². The van der Waals surface area contributed by atoms with Gasteiger partial charge in [-0.1, -0.05) is 39.7 Å². The van der Waals surface area contributed by atoms with E-state index in [1.165, 1.54) is 4.90 Å². The Labute approximate surface area is 141 Å². The molecule has 1 aliphatic rings. The molecular formula is C16H12BrClN2O2. The number of imide groups is 1. The van der Waals surface area contributed by atoms with Crippen molar-refractivity contribution in [1.82, 2.24) is 0 Å². The van der Waals surface area contributed by atoms with E-state index >= 15 is 0 Å². The average molecular weight is 380 g/mol. The predicted octanol–water partition coefficient (Wildman–Crippen LogP) is 3.85. The molecule has 1 aliphatic heterocycles. The molecule has 112 valence electrons. The van der Waals surface area contributed by atoms with Crippen molar-refractivity contribution in [3.8, 4) is 0 Å². The van der Waals surface area contributed by atoms with Gasteiger partial charge >= 0.3 is 0 Å². The van der Waals surface area contributed by atoms with Gasteiger partial charge in [0.05, 0.1) is 22.8 Å². The van der Waals surface area contributed by atoms with Crippen LogP contribution in [0.5, 0.6) is 0 Å². The highest BCUT2D eigenvalue weighted by molar-refractivity contribution is 9.10. The van der Waals surface area contributed by atoms with E-state index in [9.17, 15) is 9.59 Å². The van der Waals surface area contributed by atoms with Gasteiger partial charge in [0.1, 0.15) is 6.04 Å². The topological polar surface area (TPSA) is 49.4 Å². The fraction of sp³-hybridized carbons (Fsp3) is 0.125. The molecule has 2 aromatic carbocycles. The molecule has 1 fully saturated rings. The zero-order valence-electron chi connectivity index (χ0n) is 11.4. The molecule has 1 N–H and O–H groups in total. The van der Waals surface area contributed by atoms with Crippen molar-refractivity contribution in [3.05, 3.63) is 58.0 Å². The highest BCUT2D eigenvalue weighted by atomic mass is 79.9. The van der Waals surface area contributed by atoms with Crippen LogP contribution >= 0.6 is 27.5 Å². The predicted molar refractivity (Wildman–Crippen MR) is 90.1 cm³/mol. The Morgan fingerprint density at radius 3 is 2.45 bits per heavy atom. The lowest BCUT2D eigenvalue weighted by Gasteiger charge is -2.16. The van der Waals surface area contributed by atoms with Crippen LogP contribution in [0.15, 0.2) is 53.0 Å². The van der Waals surface area contributed by atoms with Crippen molar-refractivity contribution in [2.45, 2.75) is 12.5 Å². The van der Waals surface area contributed by atoms with Crippen LogP contribution in [0.4, 0.5) is 11.4 Å². The SMILES string of the molecule is O=C1C[C@@H](Nc2ccccc2Cl)C(=O)N1c1ccc(Br)cc1. The monoisotopic (exact) mass is 378 g/mol. The van der Waals surface area contributed by atoms with Gasteiger partial charge in [-0.2, -0.15) is 0 Å². The maximum atomic E-state index is 12.5. The number of hydrogen-bond donors (Lipinski definition) is 1. The number of nitrogens with zero attached hydrogens (tertiary/aromatic N) is 1. The maximum absolute atomic E-state index is 12.5. The van der Waals surface area contributed by atoms with Gasteiger partial charge in [-0.15, -0.1) is 0 Å². The average Bonchev–Trinajstić information content (AvgIpc) is 2.77. The fourth-order valence-corrected chi connectivity index (χ4v) is 2.83. The van der Waals surface area contributed by atoms with Crippen LogP contribution < -0.4 is 10.2 Å². The normalized spacial score (nSPS) is 17.9. The Morgan fingerprint density at radius 2 is 1.77 bits per heavy atom. The molecule has 0 saturated carbocycles. The van der Waals surface area contributed by atoms with Crippen LogP contribution in [0, 0.1) is 0 Å². The molecular weight excluding hydrogens is 368 g/mol. The van der Waals surface area contributed by atoms with Gasteiger partial charge in [0.25, 0.3) is 5.91 Å². The number of carbonyl (C=O) groups excluding carboxylic acids is 2. The number of hydrogen-bond acceptors (Lipinski definition) is 3. The first-order valence-electron chi connectivity index (χ1n) is 6.69. The molecule has 2 amide bonds. The number of halogens is 2. The Morgan fingerprint density at radius 1 is 1.09 bits per heavy atom. The second-order valence-electron chi connectivity index (χ2n) is 4.92. The number of rotatable bonds is 3. The van der Waals surface area contributed by atoms with Crippen molar-refractivity contribution in [2.24, 2.45) is 0 Å². The zero-order chi connectivity index (χ0) is 15.7. The van der Waals surface area contributed by atoms with Crippen LogP contribution in [0.25, 0.3) is 0 Å². The second kappa shape index (κ2) is 6.10. The molecule has 6 heteroatoms. The molecule has 1 atom stereocenters. The summed E-state index contributed by atoms with van der Waals surface area (Å²) in [6.07, 6.45) is 0.111. The summed E-state index contributed by atoms with van der Waals surface area (Å²) in [4.78, 5) is 25.9. The minimum Gasteiger partial charge on any atom is -0.372 e. The molecule has 0 spiro atoms. The van der Waals surface area contributed by atoms with Crippen molar-refractivity contribution in [2.75, 3.05) is 10.2 Å². The summed E-state index contributed by atoms with van der Waals surface area (Å²) in [7, 11) is 0. The summed E-state index contributed by atoms with van der Waals surface area (Å²) < 4.78 is 0.890. The minimum atomic E-state index is -0.601. The van der Waals surface area contributed by atoms with E-state index in [-0.39, 0.29) is 18.2 Å². The number of para-hydroxylation sites is 1. The number of nitrogens with one attached hydrogen (secondary N) is 1. The third kappa shape index (κ3) is 2.87. The van der Waals surface area contributed by atoms with Gasteiger partial charge in [-0.3, -0.25) is 9.59 Å². The van der Waals surface area contributed by atoms with E-state index in [1.807, 2.05) is 12.1 Å². The van der Waals surface area contributed by atoms with Crippen molar-refractivity contribution in [3.63, 3.8) is 0 Å². The van der Waals surface area contributed by atoms with E-state index in [0.717, 1.165) is 4.47 Å². The van der Waals surface area contributed by atoms with Crippen LogP contribution in [0.3, 0.4) is 0 Å². The molecule has 2 aromatic rings. The number of carbonyl (C=O) groups is 2. The smallest absolute Gasteiger partial charge is 0.256 e. The van der Waals surface area contributed by atoms with E-state index in [0.29, 0.717) is 16.4 Å². The summed E-state index contributed by atoms with van der Waals surface area (Å²) in [5, 5.41) is 3.57. The molecule has 4 nitrogen and oxygen atoms in total. The Kier molecular flexibility index (Phi) is 4.18. The standard InChI is InChI=1S/C16H12BrClN2O2/c17-10-5-7-11(8-6-10)20-15(21)9-14(16(20)22)19-13-4-2-1-3-12(13)18/h1-8,14,19H,9H2/t14-/m1/s1. The van der Waals surface area contributed by atoms with Crippen LogP contribution in [0.1, 0.15) is 6.42 Å². The highest BCUT2D eigenvalue weighted by Crippen LogP contribution is 2.28. The molecule has 1 heterocycles. The molecule has 0 aliphatic carbocycles. The zero-order valence-corrected chi connectivity index (χ0v) is 13.8. The summed E-state index contributed by atoms with van der Waals surface area (Å²) in [6.45, 7) is 0. The summed E-state index contributed by atoms with van der Waals surface area (Å²) in [5.74, 6) is -0.496. The highest BCUT2D eigenvalue weighted by Gasteiger charge is 2.39. The van der Waals surface area contributed by atoms with Crippen LogP contribution in [0.2, 0.25) is 5.02 Å². The van der Waals surface area contributed by atoms with Crippen LogP contribution in [-0.2, 0) is 9.59 Å². The van der Waals surface area contributed by atoms with Crippen molar-refractivity contribution in [1.29, 1.82) is 0 Å². The lowest BCUT2D eigenvalue weighted by Crippen LogP contribution is -2.34. The third-order valence-corrected chi connectivity index (χ3v) is 4.29. The Bertz CT molecular complexity index is 733. The minimum absolute atomic E-state index is 0.111. The first-order valence-corrected chi connectivity index (χ1v) is 7.87. The van der Waals surface area contributed by atoms with Gasteiger partial charge in [-0.05, 0) is 36.4 Å². The van der Waals surface area contributed by atoms with E-state index in [2.05, 4.69) is 21.2 Å². The molecule has 22 heavy (non-hydrogen) atoms. The Balaban J connectivity index is 1.82. The molecule has 0 aromatic heterocycles. The lowest BCUT2D eigenvalue weighted by molar-refractivity contribution is -0.121. The first-order chi connectivity index (χ1) is 10.6. The lowest BCUT2D eigenvalue weighted by atomic mass is 10.2. The summed E-state index contributed by atoms with van der Waals surface area (Å²) >= 11 is 9.41. The van der Waals surface area contributed by atoms with E-state index in [1.54, 1.807) is 36.4 Å². The van der Waals surface area contributed by atoms with Crippen molar-refractivity contribution < 1.29 is 9.59 Å². The third-order valence-electron chi connectivity index (χ3n) is 3.44. The van der Waals surface area contributed by atoms with Crippen LogP contribution in [-0.4, -0.2) is 17.9 Å². The molecule has 1 saturated heterocycles. The van der Waals surface area contributed by atoms with Gasteiger partial charge in [-0.25, -0.2) is 4.90 Å². The molecule has 0 unspecified atom stereocenters. The largest absolute Gasteiger partial charge is 0.372 e. The van der Waals surface area contributed by atoms with Gasteiger partial charge < -0.3 is 5.32 Å². The van der Waals surface area contributed by atoms with Gasteiger partial charge in [0.2, 0.25) is 5.91 Å². The Hall–Kier alpha value is -1.85. The molecule has 3 rings (SSSR count). The number of amides is 2. The van der Waals surface area contributed by atoms with Gasteiger partial charge in [0.15, 0.2) is 0 Å². The van der Waals surface area contributed by atoms with E-state index in [4.69, 9.17) is 11.6 Å². The second-order valence-corrected chi connectivity index (χ2v) is 6.25. The summed E-state index contributed by atoms with van der Waals surface area (Å²) in [6, 6.07) is 13.6. The fourth-order valence-electron chi connectivity index (χ4n) is 2.37. The number of benzene rings is 2. The van der Waals surface area contributed by atoms with Gasteiger partial charge in [0, 0.05) is 4.47 Å². The molecule has 0 bridgehead atoms. The first kappa shape index (κ1) is 15.1. The van der Waals surface area contributed by atoms with Crippen molar-refractivity contribution >= 4 is 50.7 Å². The maximum Gasteiger partial charge on any atom is 0.256 e.